The average molecular weight is 265 g/mol. The van der Waals surface area contributed by atoms with Crippen LogP contribution in [0.1, 0.15) is 11.1 Å². The molecule has 3 aromatic heterocycles. The molecule has 0 aliphatic carbocycles. The number of thiophene rings is 1. The Labute approximate surface area is 107 Å². The average Bonchev–Trinajstić information content (AvgIpc) is 2.93. The third kappa shape index (κ3) is 1.54. The molecule has 0 unspecified atom stereocenters. The molecule has 3 heterocycles. The van der Waals surface area contributed by atoms with Crippen LogP contribution >= 0.6 is 22.9 Å². The molecule has 0 spiro atoms. The zero-order chi connectivity index (χ0) is 12.0. The van der Waals surface area contributed by atoms with Crippen LogP contribution in [0.2, 0.25) is 5.15 Å². The summed E-state index contributed by atoms with van der Waals surface area (Å²) in [6.45, 7) is 3.91. The largest absolute Gasteiger partial charge is 0.191 e. The van der Waals surface area contributed by atoms with E-state index < -0.39 is 0 Å². The summed E-state index contributed by atoms with van der Waals surface area (Å²) in [5, 5.41) is 17.2. The van der Waals surface area contributed by atoms with Crippen LogP contribution < -0.4 is 0 Å². The lowest BCUT2D eigenvalue weighted by atomic mass is 10.2. The summed E-state index contributed by atoms with van der Waals surface area (Å²) in [4.78, 5) is 0. The van der Waals surface area contributed by atoms with Gasteiger partial charge in [0, 0.05) is 16.5 Å². The van der Waals surface area contributed by atoms with Gasteiger partial charge in [-0.25, -0.2) is 0 Å². The number of fused-ring (bicyclic) bond motifs is 1. The molecule has 0 aromatic carbocycles. The highest BCUT2D eigenvalue weighted by Crippen LogP contribution is 2.24. The smallest absolute Gasteiger partial charge is 0.186 e. The van der Waals surface area contributed by atoms with Crippen molar-refractivity contribution in [1.29, 1.82) is 0 Å². The Hall–Kier alpha value is -1.46. The fourth-order valence-electron chi connectivity index (χ4n) is 1.67. The molecule has 0 atom stereocenters. The quantitative estimate of drug-likeness (QED) is 0.678. The zero-order valence-electron chi connectivity index (χ0n) is 9.31. The second kappa shape index (κ2) is 3.78. The lowest BCUT2D eigenvalue weighted by Gasteiger charge is -2.04. The van der Waals surface area contributed by atoms with Crippen molar-refractivity contribution in [3.63, 3.8) is 0 Å². The third-order valence-corrected chi connectivity index (χ3v) is 3.86. The molecular weight excluding hydrogens is 256 g/mol. The second-order valence-electron chi connectivity index (χ2n) is 3.81. The highest BCUT2D eigenvalue weighted by molar-refractivity contribution is 7.08. The van der Waals surface area contributed by atoms with E-state index in [4.69, 9.17) is 11.6 Å². The van der Waals surface area contributed by atoms with Crippen molar-refractivity contribution in [2.45, 2.75) is 13.8 Å². The summed E-state index contributed by atoms with van der Waals surface area (Å²) in [5.41, 5.74) is 3.73. The number of halogens is 1. The molecule has 3 rings (SSSR count). The van der Waals surface area contributed by atoms with E-state index in [2.05, 4.69) is 15.3 Å². The van der Waals surface area contributed by atoms with E-state index in [1.54, 1.807) is 15.9 Å². The molecule has 0 saturated heterocycles. The molecule has 4 nitrogen and oxygen atoms in total. The Morgan fingerprint density at radius 1 is 1.24 bits per heavy atom. The van der Waals surface area contributed by atoms with Crippen LogP contribution in [0.3, 0.4) is 0 Å². The van der Waals surface area contributed by atoms with Crippen molar-refractivity contribution < 1.29 is 0 Å². The number of hydrogen-bond acceptors (Lipinski definition) is 4. The first-order chi connectivity index (χ1) is 8.18. The van der Waals surface area contributed by atoms with Gasteiger partial charge in [0.15, 0.2) is 16.6 Å². The third-order valence-electron chi connectivity index (χ3n) is 2.82. The Morgan fingerprint density at radius 3 is 2.76 bits per heavy atom. The first-order valence-electron chi connectivity index (χ1n) is 5.09. The predicted octanol–water partition coefficient (Wildman–Crippen LogP) is 3.12. The summed E-state index contributed by atoms with van der Waals surface area (Å²) in [6.07, 6.45) is 0. The van der Waals surface area contributed by atoms with Crippen LogP contribution in [0.15, 0.2) is 16.8 Å². The monoisotopic (exact) mass is 264 g/mol. The van der Waals surface area contributed by atoms with Crippen LogP contribution in [0.5, 0.6) is 0 Å². The van der Waals surface area contributed by atoms with Crippen LogP contribution in [0.4, 0.5) is 0 Å². The van der Waals surface area contributed by atoms with E-state index in [9.17, 15) is 0 Å². The van der Waals surface area contributed by atoms with E-state index >= 15 is 0 Å². The maximum Gasteiger partial charge on any atom is 0.186 e. The van der Waals surface area contributed by atoms with Crippen LogP contribution in [-0.2, 0) is 0 Å². The molecular formula is C11H9ClN4S. The van der Waals surface area contributed by atoms with Crippen molar-refractivity contribution in [1.82, 2.24) is 19.8 Å². The molecule has 0 fully saturated rings. The van der Waals surface area contributed by atoms with Gasteiger partial charge in [0.05, 0.1) is 0 Å². The first kappa shape index (κ1) is 10.7. The van der Waals surface area contributed by atoms with Crippen LogP contribution in [0, 0.1) is 13.8 Å². The van der Waals surface area contributed by atoms with E-state index in [1.165, 1.54) is 0 Å². The predicted molar refractivity (Wildman–Crippen MR) is 68.6 cm³/mol. The Bertz CT molecular complexity index is 687. The lowest BCUT2D eigenvalue weighted by molar-refractivity contribution is 0.920. The minimum absolute atomic E-state index is 0.492. The van der Waals surface area contributed by atoms with Gasteiger partial charge >= 0.3 is 0 Å². The van der Waals surface area contributed by atoms with E-state index in [0.29, 0.717) is 5.15 Å². The minimum Gasteiger partial charge on any atom is -0.191 e. The van der Waals surface area contributed by atoms with Gasteiger partial charge in [-0.3, -0.25) is 0 Å². The summed E-state index contributed by atoms with van der Waals surface area (Å²) >= 11 is 7.71. The summed E-state index contributed by atoms with van der Waals surface area (Å²) in [5.74, 6) is 0.728. The molecule has 86 valence electrons. The highest BCUT2D eigenvalue weighted by atomic mass is 35.5. The normalized spacial score (nSPS) is 11.2. The molecule has 0 bridgehead atoms. The van der Waals surface area contributed by atoms with Crippen molar-refractivity contribution in [2.75, 3.05) is 0 Å². The number of hydrogen-bond donors (Lipinski definition) is 0. The van der Waals surface area contributed by atoms with Gasteiger partial charge < -0.3 is 0 Å². The van der Waals surface area contributed by atoms with E-state index in [-0.39, 0.29) is 0 Å². The van der Waals surface area contributed by atoms with Crippen molar-refractivity contribution in [3.05, 3.63) is 33.1 Å². The standard InChI is InChI=1S/C11H9ClN4S/c1-6-7(2)10-13-14-11(8-3-4-17-5-8)16(10)15-9(6)12/h3-5H,1-2H3. The Kier molecular flexibility index (Phi) is 2.38. The topological polar surface area (TPSA) is 43.1 Å². The molecule has 0 aliphatic heterocycles. The van der Waals surface area contributed by atoms with E-state index in [1.807, 2.05) is 30.7 Å². The summed E-state index contributed by atoms with van der Waals surface area (Å²) < 4.78 is 1.70. The van der Waals surface area contributed by atoms with Crippen molar-refractivity contribution >= 4 is 28.6 Å². The molecule has 17 heavy (non-hydrogen) atoms. The molecule has 3 aromatic rings. The Morgan fingerprint density at radius 2 is 2.06 bits per heavy atom. The van der Waals surface area contributed by atoms with Gasteiger partial charge in [-0.1, -0.05) is 11.6 Å². The van der Waals surface area contributed by atoms with Crippen molar-refractivity contribution in [3.8, 4) is 11.4 Å². The zero-order valence-corrected chi connectivity index (χ0v) is 10.9. The number of rotatable bonds is 1. The molecule has 6 heteroatoms. The fourth-order valence-corrected chi connectivity index (χ4v) is 2.52. The fraction of sp³-hybridized carbons (Fsp3) is 0.182. The number of aryl methyl sites for hydroxylation is 1. The van der Waals surface area contributed by atoms with Gasteiger partial charge in [-0.15, -0.1) is 10.2 Å². The maximum atomic E-state index is 6.10. The van der Waals surface area contributed by atoms with Gasteiger partial charge in [0.1, 0.15) is 0 Å². The lowest BCUT2D eigenvalue weighted by Crippen LogP contribution is -1.99. The van der Waals surface area contributed by atoms with E-state index in [0.717, 1.165) is 28.2 Å². The Balaban J connectivity index is 2.37. The maximum absolute atomic E-state index is 6.10. The van der Waals surface area contributed by atoms with Gasteiger partial charge in [-0.2, -0.15) is 21.0 Å². The van der Waals surface area contributed by atoms with Gasteiger partial charge in [-0.05, 0) is 30.9 Å². The minimum atomic E-state index is 0.492. The summed E-state index contributed by atoms with van der Waals surface area (Å²) in [7, 11) is 0. The van der Waals surface area contributed by atoms with Crippen LogP contribution in [-0.4, -0.2) is 19.8 Å². The highest BCUT2D eigenvalue weighted by Gasteiger charge is 2.14. The van der Waals surface area contributed by atoms with Gasteiger partial charge in [0.25, 0.3) is 0 Å². The van der Waals surface area contributed by atoms with Crippen LogP contribution in [0.25, 0.3) is 17.0 Å². The second-order valence-corrected chi connectivity index (χ2v) is 4.95. The van der Waals surface area contributed by atoms with Crippen molar-refractivity contribution in [2.24, 2.45) is 0 Å². The molecule has 0 saturated carbocycles. The molecule has 0 N–H and O–H groups in total. The van der Waals surface area contributed by atoms with Gasteiger partial charge in [0.2, 0.25) is 0 Å². The molecule has 0 amide bonds. The number of aromatic nitrogens is 4. The molecule has 0 aliphatic rings. The number of nitrogens with zero attached hydrogens (tertiary/aromatic N) is 4. The molecule has 0 radical (unpaired) electrons. The summed E-state index contributed by atoms with van der Waals surface area (Å²) in [6, 6.07) is 1.99. The first-order valence-corrected chi connectivity index (χ1v) is 6.41. The SMILES string of the molecule is Cc1c(Cl)nn2c(-c3ccsc3)nnc2c1C.